The zero-order valence-electron chi connectivity index (χ0n) is 12.0. The number of aryl methyl sites for hydroxylation is 1. The van der Waals surface area contributed by atoms with Crippen molar-refractivity contribution in [2.75, 3.05) is 36.8 Å². The Hall–Kier alpha value is -2.08. The Kier molecular flexibility index (Phi) is 3.79. The number of thiophene rings is 1. The van der Waals surface area contributed by atoms with E-state index in [0.29, 0.717) is 5.69 Å². The van der Waals surface area contributed by atoms with Crippen LogP contribution < -0.4 is 10.6 Å². The molecule has 0 saturated carbocycles. The Morgan fingerprint density at radius 1 is 1.24 bits per heavy atom. The predicted octanol–water partition coefficient (Wildman–Crippen LogP) is 2.00. The highest BCUT2D eigenvalue weighted by Crippen LogP contribution is 2.20. The number of carbonyl (C=O) groups is 1. The lowest BCUT2D eigenvalue weighted by Crippen LogP contribution is -2.49. The number of anilines is 2. The summed E-state index contributed by atoms with van der Waals surface area (Å²) in [6.07, 6.45) is 1.67. The summed E-state index contributed by atoms with van der Waals surface area (Å²) in [5, 5.41) is 1.97. The molecule has 0 unspecified atom stereocenters. The van der Waals surface area contributed by atoms with Gasteiger partial charge in [-0.25, -0.2) is 4.98 Å². The van der Waals surface area contributed by atoms with Crippen LogP contribution in [0.2, 0.25) is 0 Å². The zero-order chi connectivity index (χ0) is 14.8. The van der Waals surface area contributed by atoms with Crippen molar-refractivity contribution in [3.8, 4) is 0 Å². The molecule has 0 atom stereocenters. The van der Waals surface area contributed by atoms with Crippen molar-refractivity contribution in [2.24, 2.45) is 0 Å². The van der Waals surface area contributed by atoms with Gasteiger partial charge in [0.05, 0.1) is 16.8 Å². The molecule has 0 spiro atoms. The number of amides is 1. The van der Waals surface area contributed by atoms with Gasteiger partial charge in [-0.3, -0.25) is 4.79 Å². The molecule has 21 heavy (non-hydrogen) atoms. The standard InChI is InChI=1S/C15H18N4OS/c1-11-4-9-21-14(11)15(20)19-7-5-18(6-8-19)13-3-2-12(16)10-17-13/h2-4,9-10H,5-8,16H2,1H3. The van der Waals surface area contributed by atoms with E-state index < -0.39 is 0 Å². The molecule has 0 bridgehead atoms. The normalized spacial score (nSPS) is 15.3. The van der Waals surface area contributed by atoms with Crippen LogP contribution in [-0.2, 0) is 0 Å². The van der Waals surface area contributed by atoms with E-state index in [1.807, 2.05) is 35.4 Å². The van der Waals surface area contributed by atoms with Gasteiger partial charge in [0.25, 0.3) is 5.91 Å². The van der Waals surface area contributed by atoms with Gasteiger partial charge >= 0.3 is 0 Å². The third-order valence-electron chi connectivity index (χ3n) is 3.72. The highest BCUT2D eigenvalue weighted by atomic mass is 32.1. The van der Waals surface area contributed by atoms with Crippen LogP contribution in [0, 0.1) is 6.92 Å². The topological polar surface area (TPSA) is 62.5 Å². The first kappa shape index (κ1) is 13.9. The zero-order valence-corrected chi connectivity index (χ0v) is 12.8. The summed E-state index contributed by atoms with van der Waals surface area (Å²) in [4.78, 5) is 21.8. The maximum Gasteiger partial charge on any atom is 0.264 e. The predicted molar refractivity (Wildman–Crippen MR) is 85.8 cm³/mol. The summed E-state index contributed by atoms with van der Waals surface area (Å²) in [7, 11) is 0. The fourth-order valence-electron chi connectivity index (χ4n) is 2.46. The number of nitrogen functional groups attached to an aromatic ring is 1. The van der Waals surface area contributed by atoms with Gasteiger partial charge in [-0.05, 0) is 36.1 Å². The van der Waals surface area contributed by atoms with Crippen LogP contribution in [0.4, 0.5) is 11.5 Å². The van der Waals surface area contributed by atoms with Crippen LogP contribution in [-0.4, -0.2) is 42.0 Å². The minimum Gasteiger partial charge on any atom is -0.397 e. The molecule has 6 heteroatoms. The summed E-state index contributed by atoms with van der Waals surface area (Å²) in [6.45, 7) is 5.03. The van der Waals surface area contributed by atoms with Crippen molar-refractivity contribution in [3.63, 3.8) is 0 Å². The number of piperazine rings is 1. The van der Waals surface area contributed by atoms with Crippen LogP contribution in [0.3, 0.4) is 0 Å². The number of rotatable bonds is 2. The van der Waals surface area contributed by atoms with Crippen molar-refractivity contribution >= 4 is 28.7 Å². The maximum atomic E-state index is 12.5. The van der Waals surface area contributed by atoms with Gasteiger partial charge < -0.3 is 15.5 Å². The minimum absolute atomic E-state index is 0.146. The van der Waals surface area contributed by atoms with E-state index in [-0.39, 0.29) is 5.91 Å². The van der Waals surface area contributed by atoms with Gasteiger partial charge in [0, 0.05) is 26.2 Å². The molecular weight excluding hydrogens is 284 g/mol. The second kappa shape index (κ2) is 5.73. The molecule has 1 saturated heterocycles. The highest BCUT2D eigenvalue weighted by molar-refractivity contribution is 7.12. The lowest BCUT2D eigenvalue weighted by molar-refractivity contribution is 0.0751. The number of carbonyl (C=O) groups excluding carboxylic acids is 1. The Balaban J connectivity index is 1.64. The summed E-state index contributed by atoms with van der Waals surface area (Å²) in [5.41, 5.74) is 7.38. The van der Waals surface area contributed by atoms with Gasteiger partial charge in [-0.1, -0.05) is 0 Å². The van der Waals surface area contributed by atoms with E-state index in [9.17, 15) is 4.79 Å². The number of hydrogen-bond acceptors (Lipinski definition) is 5. The first-order chi connectivity index (χ1) is 10.1. The second-order valence-electron chi connectivity index (χ2n) is 5.16. The van der Waals surface area contributed by atoms with E-state index in [2.05, 4.69) is 9.88 Å². The van der Waals surface area contributed by atoms with Crippen molar-refractivity contribution in [1.29, 1.82) is 0 Å². The quantitative estimate of drug-likeness (QED) is 0.921. The molecule has 1 aliphatic rings. The number of aromatic nitrogens is 1. The van der Waals surface area contributed by atoms with E-state index in [0.717, 1.165) is 42.4 Å². The third kappa shape index (κ3) is 2.85. The van der Waals surface area contributed by atoms with Crippen LogP contribution >= 0.6 is 11.3 Å². The Bertz CT molecular complexity index is 629. The molecule has 0 aliphatic carbocycles. The molecule has 110 valence electrons. The molecule has 5 nitrogen and oxygen atoms in total. The lowest BCUT2D eigenvalue weighted by Gasteiger charge is -2.35. The third-order valence-corrected chi connectivity index (χ3v) is 4.72. The molecular formula is C15H18N4OS. The van der Waals surface area contributed by atoms with Gasteiger partial charge in [0.2, 0.25) is 0 Å². The van der Waals surface area contributed by atoms with Crippen LogP contribution in [0.1, 0.15) is 15.2 Å². The SMILES string of the molecule is Cc1ccsc1C(=O)N1CCN(c2ccc(N)cn2)CC1. The fourth-order valence-corrected chi connectivity index (χ4v) is 3.35. The van der Waals surface area contributed by atoms with Gasteiger partial charge in [-0.2, -0.15) is 0 Å². The molecule has 0 radical (unpaired) electrons. The van der Waals surface area contributed by atoms with Crippen molar-refractivity contribution in [1.82, 2.24) is 9.88 Å². The maximum absolute atomic E-state index is 12.5. The molecule has 3 heterocycles. The van der Waals surface area contributed by atoms with Gasteiger partial charge in [-0.15, -0.1) is 11.3 Å². The van der Waals surface area contributed by atoms with E-state index in [1.165, 1.54) is 11.3 Å². The largest absolute Gasteiger partial charge is 0.397 e. The van der Waals surface area contributed by atoms with E-state index >= 15 is 0 Å². The van der Waals surface area contributed by atoms with Crippen molar-refractivity contribution in [2.45, 2.75) is 6.92 Å². The lowest BCUT2D eigenvalue weighted by atomic mass is 10.2. The van der Waals surface area contributed by atoms with Crippen molar-refractivity contribution in [3.05, 3.63) is 40.2 Å². The second-order valence-corrected chi connectivity index (χ2v) is 6.08. The molecule has 3 rings (SSSR count). The van der Waals surface area contributed by atoms with Crippen LogP contribution in [0.25, 0.3) is 0 Å². The van der Waals surface area contributed by atoms with E-state index in [1.54, 1.807) is 6.20 Å². The summed E-state index contributed by atoms with van der Waals surface area (Å²) in [6, 6.07) is 5.78. The molecule has 0 aromatic carbocycles. The highest BCUT2D eigenvalue weighted by Gasteiger charge is 2.24. The molecule has 2 N–H and O–H groups in total. The van der Waals surface area contributed by atoms with E-state index in [4.69, 9.17) is 5.73 Å². The molecule has 1 aliphatic heterocycles. The summed E-state index contributed by atoms with van der Waals surface area (Å²) >= 11 is 1.52. The molecule has 2 aromatic heterocycles. The number of nitrogens with zero attached hydrogens (tertiary/aromatic N) is 3. The molecule has 1 amide bonds. The first-order valence-electron chi connectivity index (χ1n) is 6.95. The van der Waals surface area contributed by atoms with Crippen LogP contribution in [0.15, 0.2) is 29.8 Å². The van der Waals surface area contributed by atoms with Crippen LogP contribution in [0.5, 0.6) is 0 Å². The Labute approximate surface area is 128 Å². The Morgan fingerprint density at radius 3 is 2.57 bits per heavy atom. The van der Waals surface area contributed by atoms with Crippen molar-refractivity contribution < 1.29 is 4.79 Å². The number of nitrogens with two attached hydrogens (primary N) is 1. The first-order valence-corrected chi connectivity index (χ1v) is 7.83. The number of hydrogen-bond donors (Lipinski definition) is 1. The fraction of sp³-hybridized carbons (Fsp3) is 0.333. The summed E-state index contributed by atoms with van der Waals surface area (Å²) < 4.78 is 0. The monoisotopic (exact) mass is 302 g/mol. The molecule has 2 aromatic rings. The minimum atomic E-state index is 0.146. The Morgan fingerprint density at radius 2 is 2.00 bits per heavy atom. The number of pyridine rings is 1. The average molecular weight is 302 g/mol. The molecule has 1 fully saturated rings. The van der Waals surface area contributed by atoms with Gasteiger partial charge in [0.15, 0.2) is 0 Å². The summed E-state index contributed by atoms with van der Waals surface area (Å²) in [5.74, 6) is 1.07. The van der Waals surface area contributed by atoms with Gasteiger partial charge in [0.1, 0.15) is 5.82 Å². The smallest absolute Gasteiger partial charge is 0.264 e. The average Bonchev–Trinajstić information content (AvgIpc) is 2.94.